The molecule has 3 rings (SSSR count). The predicted octanol–water partition coefficient (Wildman–Crippen LogP) is 7.04. The first-order valence-corrected chi connectivity index (χ1v) is 12.3. The van der Waals surface area contributed by atoms with Crippen LogP contribution in [0.4, 0.5) is 0 Å². The summed E-state index contributed by atoms with van der Waals surface area (Å²) >= 11 is 0. The van der Waals surface area contributed by atoms with E-state index in [-0.39, 0.29) is 48.5 Å². The number of halogens is 2. The highest BCUT2D eigenvalue weighted by atomic mass is 35.5. The number of benzene rings is 2. The van der Waals surface area contributed by atoms with Gasteiger partial charge in [-0.15, -0.1) is 24.8 Å². The van der Waals surface area contributed by atoms with Gasteiger partial charge in [-0.05, 0) is 70.4 Å². The third-order valence-electron chi connectivity index (χ3n) is 6.95. The van der Waals surface area contributed by atoms with Gasteiger partial charge in [-0.2, -0.15) is 0 Å². The van der Waals surface area contributed by atoms with Crippen molar-refractivity contribution < 1.29 is 14.0 Å². The molecule has 7 heteroatoms. The molecule has 1 heterocycles. The number of hydrogen-bond acceptors (Lipinski definition) is 5. The topological polar surface area (TPSA) is 53.8 Å². The molecule has 0 saturated heterocycles. The first-order chi connectivity index (χ1) is 15.8. The lowest BCUT2D eigenvalue weighted by Gasteiger charge is -2.25. The summed E-state index contributed by atoms with van der Waals surface area (Å²) in [6.07, 6.45) is 0.975. The van der Waals surface area contributed by atoms with Crippen molar-refractivity contribution in [1.29, 1.82) is 0 Å². The molecular formula is C28H40Cl2N2O3. The van der Waals surface area contributed by atoms with Crippen molar-refractivity contribution in [2.45, 2.75) is 66.5 Å². The lowest BCUT2D eigenvalue weighted by molar-refractivity contribution is 0.0926. The van der Waals surface area contributed by atoms with Crippen LogP contribution in [0, 0.1) is 0 Å². The lowest BCUT2D eigenvalue weighted by atomic mass is 10.00. The van der Waals surface area contributed by atoms with Crippen molar-refractivity contribution in [2.75, 3.05) is 26.2 Å². The first-order valence-electron chi connectivity index (χ1n) is 12.3. The monoisotopic (exact) mass is 522 g/mol. The van der Waals surface area contributed by atoms with Crippen LogP contribution in [0.2, 0.25) is 0 Å². The van der Waals surface area contributed by atoms with Crippen molar-refractivity contribution >= 4 is 58.3 Å². The fourth-order valence-corrected chi connectivity index (χ4v) is 4.85. The van der Waals surface area contributed by atoms with Gasteiger partial charge in [0.15, 0.2) is 11.6 Å². The van der Waals surface area contributed by atoms with E-state index < -0.39 is 0 Å². The van der Waals surface area contributed by atoms with E-state index in [0.717, 1.165) is 42.5 Å². The molecule has 35 heavy (non-hydrogen) atoms. The van der Waals surface area contributed by atoms with E-state index in [4.69, 9.17) is 4.42 Å². The molecule has 2 unspecified atom stereocenters. The zero-order valence-electron chi connectivity index (χ0n) is 21.8. The van der Waals surface area contributed by atoms with Gasteiger partial charge >= 0.3 is 0 Å². The molecule has 0 aliphatic carbocycles. The van der Waals surface area contributed by atoms with Gasteiger partial charge in [0.2, 0.25) is 0 Å². The number of rotatable bonds is 12. The minimum absolute atomic E-state index is 0. The highest BCUT2D eigenvalue weighted by molar-refractivity contribution is 6.10. The Morgan fingerprint density at radius 2 is 1.14 bits per heavy atom. The van der Waals surface area contributed by atoms with Crippen LogP contribution >= 0.6 is 24.8 Å². The van der Waals surface area contributed by atoms with Crippen LogP contribution in [0.3, 0.4) is 0 Å². The van der Waals surface area contributed by atoms with Gasteiger partial charge in [0.05, 0.1) is 0 Å². The Labute approximate surface area is 222 Å². The van der Waals surface area contributed by atoms with E-state index in [1.165, 1.54) is 0 Å². The highest BCUT2D eigenvalue weighted by Crippen LogP contribution is 2.31. The summed E-state index contributed by atoms with van der Waals surface area (Å²) in [6, 6.07) is 11.7. The van der Waals surface area contributed by atoms with Crippen LogP contribution in [-0.4, -0.2) is 59.6 Å². The maximum Gasteiger partial charge on any atom is 0.164 e. The normalized spacial score (nSPS) is 13.0. The summed E-state index contributed by atoms with van der Waals surface area (Å²) in [4.78, 5) is 30.4. The third-order valence-corrected chi connectivity index (χ3v) is 6.95. The zero-order chi connectivity index (χ0) is 24.1. The quantitative estimate of drug-likeness (QED) is 0.239. The lowest BCUT2D eigenvalue weighted by Crippen LogP contribution is -2.34. The molecule has 0 aliphatic rings. The second-order valence-electron chi connectivity index (χ2n) is 8.92. The first kappa shape index (κ1) is 31.1. The second kappa shape index (κ2) is 14.0. The van der Waals surface area contributed by atoms with Gasteiger partial charge in [-0.25, -0.2) is 0 Å². The molecule has 0 radical (unpaired) electrons. The molecule has 0 saturated carbocycles. The van der Waals surface area contributed by atoms with Crippen LogP contribution in [-0.2, 0) is 0 Å². The molecule has 3 aromatic rings. The largest absolute Gasteiger partial charge is 0.456 e. The van der Waals surface area contributed by atoms with Crippen LogP contribution in [0.5, 0.6) is 0 Å². The van der Waals surface area contributed by atoms with Crippen molar-refractivity contribution in [3.63, 3.8) is 0 Å². The van der Waals surface area contributed by atoms with E-state index in [1.54, 1.807) is 0 Å². The van der Waals surface area contributed by atoms with Gasteiger partial charge in [0, 0.05) is 46.8 Å². The maximum absolute atomic E-state index is 12.9. The molecule has 5 nitrogen and oxygen atoms in total. The number of carbonyl (C=O) groups is 2. The van der Waals surface area contributed by atoms with Crippen LogP contribution in [0.15, 0.2) is 40.8 Å². The molecular weight excluding hydrogens is 483 g/mol. The Hall–Kier alpha value is -1.92. The number of fused-ring (bicyclic) bond motifs is 3. The summed E-state index contributed by atoms with van der Waals surface area (Å²) in [7, 11) is 0. The van der Waals surface area contributed by atoms with Gasteiger partial charge in [-0.1, -0.05) is 33.8 Å². The standard InChI is InChI=1S/C28H38N2O3.2ClH/c1-7-29(8-2)19(5)15-25(31)21-12-14-27-24(17-21)23-13-11-22(18-28(23)33-27)26(32)16-20(6)30(9-3)10-4;;/h11-14,17-20H,7-10,15-16H2,1-6H3;2*1H. The minimum Gasteiger partial charge on any atom is -0.456 e. The van der Waals surface area contributed by atoms with Crippen molar-refractivity contribution in [3.8, 4) is 0 Å². The summed E-state index contributed by atoms with van der Waals surface area (Å²) in [5, 5.41) is 1.85. The van der Waals surface area contributed by atoms with Gasteiger partial charge in [0.25, 0.3) is 0 Å². The fraction of sp³-hybridized carbons (Fsp3) is 0.500. The molecule has 2 aromatic carbocycles. The second-order valence-corrected chi connectivity index (χ2v) is 8.92. The van der Waals surface area contributed by atoms with Crippen molar-refractivity contribution in [1.82, 2.24) is 9.80 Å². The summed E-state index contributed by atoms with van der Waals surface area (Å²) in [5.41, 5.74) is 2.80. The molecule has 0 N–H and O–H groups in total. The van der Waals surface area contributed by atoms with Gasteiger partial charge in [0.1, 0.15) is 11.2 Å². The number of furan rings is 1. The van der Waals surface area contributed by atoms with E-state index >= 15 is 0 Å². The SMILES string of the molecule is CCN(CC)C(C)CC(=O)c1ccc2c(c1)oc1ccc(C(=O)CC(C)N(CC)CC)cc12.Cl.Cl. The number of carbonyl (C=O) groups excluding carboxylic acids is 2. The Bertz CT molecular complexity index is 1120. The minimum atomic E-state index is 0. The summed E-state index contributed by atoms with van der Waals surface area (Å²) < 4.78 is 6.04. The average molecular weight is 524 g/mol. The number of hydrogen-bond donors (Lipinski definition) is 0. The molecule has 2 atom stereocenters. The maximum atomic E-state index is 12.9. The van der Waals surface area contributed by atoms with Crippen molar-refractivity contribution in [2.24, 2.45) is 0 Å². The molecule has 0 fully saturated rings. The van der Waals surface area contributed by atoms with E-state index in [0.29, 0.717) is 29.6 Å². The number of Topliss-reactive ketones (excluding diaryl/α,β-unsaturated/α-hetero) is 2. The number of nitrogens with zero attached hydrogens (tertiary/aromatic N) is 2. The predicted molar refractivity (Wildman–Crippen MR) is 151 cm³/mol. The van der Waals surface area contributed by atoms with Crippen molar-refractivity contribution in [3.05, 3.63) is 47.5 Å². The molecule has 0 bridgehead atoms. The molecule has 0 aliphatic heterocycles. The van der Waals surface area contributed by atoms with Gasteiger partial charge < -0.3 is 14.2 Å². The average Bonchev–Trinajstić information content (AvgIpc) is 3.17. The number of ketones is 2. The Kier molecular flexibility index (Phi) is 12.4. The van der Waals surface area contributed by atoms with E-state index in [2.05, 4.69) is 51.3 Å². The van der Waals surface area contributed by atoms with Gasteiger partial charge in [-0.3, -0.25) is 9.59 Å². The smallest absolute Gasteiger partial charge is 0.164 e. The summed E-state index contributed by atoms with van der Waals surface area (Å²) in [5.74, 6) is 0.265. The van der Waals surface area contributed by atoms with Crippen LogP contribution in [0.1, 0.15) is 75.1 Å². The van der Waals surface area contributed by atoms with Crippen LogP contribution in [0.25, 0.3) is 21.9 Å². The molecule has 0 spiro atoms. The Morgan fingerprint density at radius 1 is 0.686 bits per heavy atom. The van der Waals surface area contributed by atoms with Crippen LogP contribution < -0.4 is 0 Å². The van der Waals surface area contributed by atoms with E-state index in [9.17, 15) is 9.59 Å². The Balaban J connectivity index is 0.00000306. The zero-order valence-corrected chi connectivity index (χ0v) is 23.4. The Morgan fingerprint density at radius 3 is 1.63 bits per heavy atom. The summed E-state index contributed by atoms with van der Waals surface area (Å²) in [6.45, 7) is 16.4. The van der Waals surface area contributed by atoms with E-state index in [1.807, 2.05) is 36.4 Å². The highest BCUT2D eigenvalue weighted by Gasteiger charge is 2.19. The molecule has 0 amide bonds. The third kappa shape index (κ3) is 7.07. The molecule has 194 valence electrons. The molecule has 1 aromatic heterocycles. The fourth-order valence-electron chi connectivity index (χ4n) is 4.85.